The largest absolute Gasteiger partial charge is 0.385 e. The summed E-state index contributed by atoms with van der Waals surface area (Å²) in [5.74, 6) is 0. The van der Waals surface area contributed by atoms with Gasteiger partial charge in [-0.3, -0.25) is 9.88 Å². The molecule has 0 aromatic carbocycles. The van der Waals surface area contributed by atoms with Crippen LogP contribution in [-0.4, -0.2) is 29.5 Å². The number of aromatic nitrogens is 1. The highest BCUT2D eigenvalue weighted by atomic mass is 15.1. The second kappa shape index (κ2) is 6.48. The van der Waals surface area contributed by atoms with Crippen molar-refractivity contribution in [2.45, 2.75) is 39.8 Å². The van der Waals surface area contributed by atoms with Crippen LogP contribution in [0.2, 0.25) is 0 Å². The highest BCUT2D eigenvalue weighted by molar-refractivity contribution is 5.43. The second-order valence-corrected chi connectivity index (χ2v) is 4.47. The van der Waals surface area contributed by atoms with Crippen molar-refractivity contribution in [3.8, 4) is 0 Å². The Morgan fingerprint density at radius 1 is 1.44 bits per heavy atom. The Morgan fingerprint density at radius 3 is 2.81 bits per heavy atom. The predicted molar refractivity (Wildman–Crippen MR) is 69.6 cm³/mol. The topological polar surface area (TPSA) is 28.2 Å². The molecule has 0 unspecified atom stereocenters. The lowest BCUT2D eigenvalue weighted by atomic mass is 10.2. The quantitative estimate of drug-likeness (QED) is 0.800. The highest BCUT2D eigenvalue weighted by Gasteiger charge is 2.05. The summed E-state index contributed by atoms with van der Waals surface area (Å²) in [6.45, 7) is 8.47. The van der Waals surface area contributed by atoms with E-state index in [0.717, 1.165) is 25.2 Å². The van der Waals surface area contributed by atoms with Crippen LogP contribution in [0.1, 0.15) is 32.9 Å². The fourth-order valence-electron chi connectivity index (χ4n) is 1.38. The first-order valence-electron chi connectivity index (χ1n) is 6.02. The van der Waals surface area contributed by atoms with Crippen molar-refractivity contribution in [2.75, 3.05) is 18.9 Å². The van der Waals surface area contributed by atoms with Crippen LogP contribution >= 0.6 is 0 Å². The van der Waals surface area contributed by atoms with Crippen molar-refractivity contribution in [3.05, 3.63) is 24.0 Å². The number of anilines is 1. The van der Waals surface area contributed by atoms with Gasteiger partial charge >= 0.3 is 0 Å². The van der Waals surface area contributed by atoms with Gasteiger partial charge in [-0.05, 0) is 39.4 Å². The van der Waals surface area contributed by atoms with Crippen LogP contribution in [0.3, 0.4) is 0 Å². The lowest BCUT2D eigenvalue weighted by molar-refractivity contribution is 0.263. The van der Waals surface area contributed by atoms with Crippen molar-refractivity contribution in [2.24, 2.45) is 0 Å². The Morgan fingerprint density at radius 2 is 2.19 bits per heavy atom. The first-order chi connectivity index (χ1) is 7.63. The third-order valence-corrected chi connectivity index (χ3v) is 2.69. The Balaban J connectivity index is 2.59. The normalized spacial score (nSPS) is 11.1. The van der Waals surface area contributed by atoms with E-state index in [0.29, 0.717) is 6.04 Å². The summed E-state index contributed by atoms with van der Waals surface area (Å²) in [4.78, 5) is 6.67. The van der Waals surface area contributed by atoms with Gasteiger partial charge in [0.1, 0.15) is 0 Å². The molecule has 1 rings (SSSR count). The van der Waals surface area contributed by atoms with E-state index in [2.05, 4.69) is 49.1 Å². The molecule has 0 amide bonds. The first-order valence-corrected chi connectivity index (χ1v) is 6.02. The van der Waals surface area contributed by atoms with Gasteiger partial charge in [-0.1, -0.05) is 6.92 Å². The summed E-state index contributed by atoms with van der Waals surface area (Å²) in [6, 6.07) is 4.71. The molecule has 0 spiro atoms. The molecule has 16 heavy (non-hydrogen) atoms. The summed E-state index contributed by atoms with van der Waals surface area (Å²) in [5.41, 5.74) is 2.29. The number of rotatable bonds is 6. The highest BCUT2D eigenvalue weighted by Crippen LogP contribution is 2.10. The van der Waals surface area contributed by atoms with Crippen molar-refractivity contribution in [1.29, 1.82) is 0 Å². The number of nitrogens with zero attached hydrogens (tertiary/aromatic N) is 2. The molecule has 3 nitrogen and oxygen atoms in total. The van der Waals surface area contributed by atoms with Gasteiger partial charge in [0.25, 0.3) is 0 Å². The molecule has 0 saturated carbocycles. The van der Waals surface area contributed by atoms with Gasteiger partial charge in [0.15, 0.2) is 0 Å². The summed E-state index contributed by atoms with van der Waals surface area (Å²) in [7, 11) is 2.12. The molecule has 90 valence electrons. The lowest BCUT2D eigenvalue weighted by Crippen LogP contribution is -2.26. The van der Waals surface area contributed by atoms with E-state index >= 15 is 0 Å². The average Bonchev–Trinajstić information content (AvgIpc) is 2.26. The summed E-state index contributed by atoms with van der Waals surface area (Å²) in [5, 5.41) is 3.38. The fourth-order valence-corrected chi connectivity index (χ4v) is 1.38. The van der Waals surface area contributed by atoms with Crippen LogP contribution in [-0.2, 0) is 6.54 Å². The molecule has 1 aromatic heterocycles. The van der Waals surface area contributed by atoms with E-state index in [1.54, 1.807) is 0 Å². The molecule has 0 fully saturated rings. The third-order valence-electron chi connectivity index (χ3n) is 2.69. The average molecular weight is 221 g/mol. The SMILES string of the molecule is CCCNc1ccnc(CN(C)C(C)C)c1. The van der Waals surface area contributed by atoms with E-state index in [1.165, 1.54) is 5.69 Å². The van der Waals surface area contributed by atoms with Crippen LogP contribution in [0.25, 0.3) is 0 Å². The monoisotopic (exact) mass is 221 g/mol. The van der Waals surface area contributed by atoms with Crippen molar-refractivity contribution >= 4 is 5.69 Å². The predicted octanol–water partition coefficient (Wildman–Crippen LogP) is 2.74. The summed E-state index contributed by atoms with van der Waals surface area (Å²) < 4.78 is 0. The smallest absolute Gasteiger partial charge is 0.0564 e. The van der Waals surface area contributed by atoms with E-state index in [9.17, 15) is 0 Å². The minimum Gasteiger partial charge on any atom is -0.385 e. The minimum atomic E-state index is 0.550. The van der Waals surface area contributed by atoms with Gasteiger partial charge in [0.05, 0.1) is 5.69 Å². The molecular weight excluding hydrogens is 198 g/mol. The molecule has 0 aliphatic heterocycles. The number of pyridine rings is 1. The van der Waals surface area contributed by atoms with Crippen LogP contribution in [0.5, 0.6) is 0 Å². The second-order valence-electron chi connectivity index (χ2n) is 4.47. The molecule has 1 N–H and O–H groups in total. The van der Waals surface area contributed by atoms with Crippen LogP contribution in [0.4, 0.5) is 5.69 Å². The molecular formula is C13H23N3. The molecule has 1 aromatic rings. The van der Waals surface area contributed by atoms with Crippen LogP contribution in [0.15, 0.2) is 18.3 Å². The Hall–Kier alpha value is -1.09. The van der Waals surface area contributed by atoms with Gasteiger partial charge in [-0.15, -0.1) is 0 Å². The molecule has 0 bridgehead atoms. The van der Waals surface area contributed by atoms with Gasteiger partial charge in [0, 0.05) is 31.0 Å². The third kappa shape index (κ3) is 4.19. The van der Waals surface area contributed by atoms with E-state index in [-0.39, 0.29) is 0 Å². The number of nitrogens with one attached hydrogen (secondary N) is 1. The minimum absolute atomic E-state index is 0.550. The maximum Gasteiger partial charge on any atom is 0.0564 e. The first kappa shape index (κ1) is 13.0. The lowest BCUT2D eigenvalue weighted by Gasteiger charge is -2.20. The van der Waals surface area contributed by atoms with Gasteiger partial charge in [-0.25, -0.2) is 0 Å². The number of hydrogen-bond acceptors (Lipinski definition) is 3. The molecule has 0 radical (unpaired) electrons. The van der Waals surface area contributed by atoms with Crippen molar-refractivity contribution in [3.63, 3.8) is 0 Å². The van der Waals surface area contributed by atoms with Crippen LogP contribution < -0.4 is 5.32 Å². The van der Waals surface area contributed by atoms with Gasteiger partial charge in [-0.2, -0.15) is 0 Å². The number of hydrogen-bond donors (Lipinski definition) is 1. The zero-order valence-corrected chi connectivity index (χ0v) is 10.8. The van der Waals surface area contributed by atoms with Gasteiger partial charge < -0.3 is 5.32 Å². The molecule has 0 aliphatic carbocycles. The molecule has 0 aliphatic rings. The standard InChI is InChI=1S/C13H23N3/c1-5-7-14-12-6-8-15-13(9-12)10-16(4)11(2)3/h6,8-9,11H,5,7,10H2,1-4H3,(H,14,15). The zero-order valence-electron chi connectivity index (χ0n) is 10.8. The Bertz CT molecular complexity index is 310. The van der Waals surface area contributed by atoms with Crippen molar-refractivity contribution in [1.82, 2.24) is 9.88 Å². The Labute approximate surface area is 98.9 Å². The maximum atomic E-state index is 4.39. The van der Waals surface area contributed by atoms with E-state index in [4.69, 9.17) is 0 Å². The fraction of sp³-hybridized carbons (Fsp3) is 0.615. The molecule has 3 heteroatoms. The van der Waals surface area contributed by atoms with E-state index in [1.807, 2.05) is 12.3 Å². The molecule has 0 atom stereocenters. The maximum absolute atomic E-state index is 4.39. The summed E-state index contributed by atoms with van der Waals surface area (Å²) >= 11 is 0. The molecule has 1 heterocycles. The Kier molecular flexibility index (Phi) is 5.26. The summed E-state index contributed by atoms with van der Waals surface area (Å²) in [6.07, 6.45) is 3.02. The molecule has 0 saturated heterocycles. The van der Waals surface area contributed by atoms with Gasteiger partial charge in [0.2, 0.25) is 0 Å². The zero-order chi connectivity index (χ0) is 12.0. The van der Waals surface area contributed by atoms with E-state index < -0.39 is 0 Å². The van der Waals surface area contributed by atoms with Crippen molar-refractivity contribution < 1.29 is 0 Å². The van der Waals surface area contributed by atoms with Crippen LogP contribution in [0, 0.1) is 0 Å².